The first-order chi connectivity index (χ1) is 9.26. The number of amides is 1. The Morgan fingerprint density at radius 1 is 1.53 bits per heavy atom. The predicted molar refractivity (Wildman–Crippen MR) is 62.9 cm³/mol. The molecular formula is C11H11N5O3. The molecule has 1 amide bonds. The van der Waals surface area contributed by atoms with Gasteiger partial charge in [0.15, 0.2) is 0 Å². The lowest BCUT2D eigenvalue weighted by Gasteiger charge is -2.08. The van der Waals surface area contributed by atoms with E-state index in [1.54, 1.807) is 6.92 Å². The van der Waals surface area contributed by atoms with Crippen LogP contribution < -0.4 is 5.32 Å². The number of hydrogen-bond donors (Lipinski definition) is 1. The molecule has 98 valence electrons. The standard InChI is InChI=1S/C11H11N5O3/c1-2-7(14-6-17)9(18)10-15-11(19-16-10)8-5-12-3-4-13-8/h3-7H,2H2,1H3,(H,14,17). The number of hydrogen-bond acceptors (Lipinski definition) is 7. The summed E-state index contributed by atoms with van der Waals surface area (Å²) in [5.74, 6) is -0.396. The fraction of sp³-hybridized carbons (Fsp3) is 0.273. The van der Waals surface area contributed by atoms with Crippen LogP contribution in [0.1, 0.15) is 24.0 Å². The van der Waals surface area contributed by atoms with Gasteiger partial charge in [-0.05, 0) is 6.42 Å². The van der Waals surface area contributed by atoms with Gasteiger partial charge in [-0.25, -0.2) is 4.98 Å². The maximum atomic E-state index is 12.0. The minimum Gasteiger partial charge on any atom is -0.348 e. The first-order valence-electron chi connectivity index (χ1n) is 5.60. The smallest absolute Gasteiger partial charge is 0.278 e. The van der Waals surface area contributed by atoms with Gasteiger partial charge < -0.3 is 9.84 Å². The molecule has 0 aliphatic rings. The molecule has 2 aromatic rings. The minimum absolute atomic E-state index is 0.0955. The van der Waals surface area contributed by atoms with E-state index >= 15 is 0 Å². The van der Waals surface area contributed by atoms with Crippen molar-refractivity contribution < 1.29 is 14.1 Å². The average molecular weight is 261 g/mol. The highest BCUT2D eigenvalue weighted by atomic mass is 16.5. The third-order valence-electron chi connectivity index (χ3n) is 2.42. The van der Waals surface area contributed by atoms with Crippen molar-refractivity contribution in [2.24, 2.45) is 0 Å². The van der Waals surface area contributed by atoms with Crippen molar-refractivity contribution >= 4 is 12.2 Å². The van der Waals surface area contributed by atoms with Gasteiger partial charge in [0.2, 0.25) is 18.0 Å². The fourth-order valence-corrected chi connectivity index (χ4v) is 1.45. The second-order valence-corrected chi connectivity index (χ2v) is 3.62. The molecule has 0 spiro atoms. The molecule has 0 aromatic carbocycles. The molecule has 0 saturated carbocycles. The molecule has 0 saturated heterocycles. The van der Waals surface area contributed by atoms with Crippen molar-refractivity contribution in [1.29, 1.82) is 0 Å². The van der Waals surface area contributed by atoms with Gasteiger partial charge in [-0.3, -0.25) is 14.6 Å². The van der Waals surface area contributed by atoms with Crippen LogP contribution in [0.2, 0.25) is 0 Å². The maximum absolute atomic E-state index is 12.0. The third kappa shape index (κ3) is 2.79. The van der Waals surface area contributed by atoms with Crippen LogP contribution in [0.15, 0.2) is 23.1 Å². The van der Waals surface area contributed by atoms with Crippen molar-refractivity contribution in [2.45, 2.75) is 19.4 Å². The summed E-state index contributed by atoms with van der Waals surface area (Å²) in [5.41, 5.74) is 0.380. The van der Waals surface area contributed by atoms with Gasteiger partial charge in [0.1, 0.15) is 5.69 Å². The van der Waals surface area contributed by atoms with E-state index in [9.17, 15) is 9.59 Å². The minimum atomic E-state index is -0.662. The summed E-state index contributed by atoms with van der Waals surface area (Å²) in [7, 11) is 0. The first kappa shape index (κ1) is 12.8. The Morgan fingerprint density at radius 3 is 3.00 bits per heavy atom. The number of ketones is 1. The Bertz CT molecular complexity index is 569. The van der Waals surface area contributed by atoms with Crippen LogP contribution in [0.25, 0.3) is 11.6 Å². The SMILES string of the molecule is CCC(NC=O)C(=O)c1noc(-c2cnccn2)n1. The highest BCUT2D eigenvalue weighted by Crippen LogP contribution is 2.13. The lowest BCUT2D eigenvalue weighted by atomic mass is 10.1. The Balaban J connectivity index is 2.21. The maximum Gasteiger partial charge on any atom is 0.278 e. The quantitative estimate of drug-likeness (QED) is 0.585. The van der Waals surface area contributed by atoms with Crippen LogP contribution in [0.3, 0.4) is 0 Å². The summed E-state index contributed by atoms with van der Waals surface area (Å²) >= 11 is 0. The number of nitrogens with zero attached hydrogens (tertiary/aromatic N) is 4. The number of rotatable bonds is 6. The zero-order valence-corrected chi connectivity index (χ0v) is 10.1. The second-order valence-electron chi connectivity index (χ2n) is 3.62. The Labute approximate surface area is 108 Å². The van der Waals surface area contributed by atoms with Gasteiger partial charge in [0.25, 0.3) is 5.89 Å². The Kier molecular flexibility index (Phi) is 3.91. The summed E-state index contributed by atoms with van der Waals surface area (Å²) in [6, 6.07) is -0.662. The van der Waals surface area contributed by atoms with Crippen molar-refractivity contribution in [3.05, 3.63) is 24.4 Å². The van der Waals surface area contributed by atoms with Gasteiger partial charge in [0.05, 0.1) is 12.2 Å². The number of carbonyl (C=O) groups is 2. The summed E-state index contributed by atoms with van der Waals surface area (Å²) in [6.45, 7) is 1.77. The van der Waals surface area contributed by atoms with E-state index in [0.29, 0.717) is 18.5 Å². The first-order valence-corrected chi connectivity index (χ1v) is 5.60. The van der Waals surface area contributed by atoms with E-state index in [4.69, 9.17) is 4.52 Å². The molecule has 1 unspecified atom stereocenters. The molecule has 8 nitrogen and oxygen atoms in total. The van der Waals surface area contributed by atoms with Gasteiger partial charge in [-0.1, -0.05) is 12.1 Å². The van der Waals surface area contributed by atoms with Crippen molar-refractivity contribution in [3.8, 4) is 11.6 Å². The molecule has 2 aromatic heterocycles. The number of nitrogens with one attached hydrogen (secondary N) is 1. The zero-order valence-electron chi connectivity index (χ0n) is 10.1. The summed E-state index contributed by atoms with van der Waals surface area (Å²) in [4.78, 5) is 34.1. The van der Waals surface area contributed by atoms with E-state index in [1.165, 1.54) is 18.6 Å². The van der Waals surface area contributed by atoms with E-state index in [-0.39, 0.29) is 11.7 Å². The van der Waals surface area contributed by atoms with E-state index in [0.717, 1.165) is 0 Å². The van der Waals surface area contributed by atoms with E-state index in [1.807, 2.05) is 0 Å². The number of carbonyl (C=O) groups excluding carboxylic acids is 2. The van der Waals surface area contributed by atoms with Crippen molar-refractivity contribution in [3.63, 3.8) is 0 Å². The molecule has 0 aliphatic heterocycles. The van der Waals surface area contributed by atoms with Gasteiger partial charge in [0, 0.05) is 12.4 Å². The van der Waals surface area contributed by atoms with Gasteiger partial charge in [-0.15, -0.1) is 0 Å². The molecular weight excluding hydrogens is 250 g/mol. The normalized spacial score (nSPS) is 11.8. The molecule has 0 fully saturated rings. The van der Waals surface area contributed by atoms with Crippen molar-refractivity contribution in [2.75, 3.05) is 0 Å². The van der Waals surface area contributed by atoms with Crippen LogP contribution in [-0.2, 0) is 4.79 Å². The predicted octanol–water partition coefficient (Wildman–Crippen LogP) is 0.234. The lowest BCUT2D eigenvalue weighted by molar-refractivity contribution is -0.110. The molecule has 0 aliphatic carbocycles. The fourth-order valence-electron chi connectivity index (χ4n) is 1.45. The number of Topliss-reactive ketones (excluding diaryl/α,β-unsaturated/α-hetero) is 1. The summed E-state index contributed by atoms with van der Waals surface area (Å²) < 4.78 is 4.94. The molecule has 1 N–H and O–H groups in total. The second kappa shape index (κ2) is 5.80. The van der Waals surface area contributed by atoms with E-state index in [2.05, 4.69) is 25.4 Å². The Hall–Kier alpha value is -2.64. The monoisotopic (exact) mass is 261 g/mol. The summed E-state index contributed by atoms with van der Waals surface area (Å²) in [5, 5.41) is 5.98. The van der Waals surface area contributed by atoms with Crippen LogP contribution in [0, 0.1) is 0 Å². The molecule has 2 rings (SSSR count). The average Bonchev–Trinajstić information content (AvgIpc) is 2.95. The Morgan fingerprint density at radius 2 is 2.37 bits per heavy atom. The summed E-state index contributed by atoms with van der Waals surface area (Å²) in [6.07, 6.45) is 5.34. The number of aromatic nitrogens is 4. The molecule has 0 radical (unpaired) electrons. The third-order valence-corrected chi connectivity index (χ3v) is 2.42. The highest BCUT2D eigenvalue weighted by molar-refractivity contribution is 5.97. The topological polar surface area (TPSA) is 111 Å². The van der Waals surface area contributed by atoms with Crippen LogP contribution in [0.4, 0.5) is 0 Å². The van der Waals surface area contributed by atoms with Crippen LogP contribution in [-0.4, -0.2) is 38.3 Å². The molecule has 1 atom stereocenters. The zero-order chi connectivity index (χ0) is 13.7. The van der Waals surface area contributed by atoms with Crippen LogP contribution >= 0.6 is 0 Å². The molecule has 8 heteroatoms. The molecule has 2 heterocycles. The van der Waals surface area contributed by atoms with Crippen LogP contribution in [0.5, 0.6) is 0 Å². The largest absolute Gasteiger partial charge is 0.348 e. The van der Waals surface area contributed by atoms with Gasteiger partial charge >= 0.3 is 0 Å². The molecule has 19 heavy (non-hydrogen) atoms. The van der Waals surface area contributed by atoms with E-state index < -0.39 is 11.8 Å². The highest BCUT2D eigenvalue weighted by Gasteiger charge is 2.23. The lowest BCUT2D eigenvalue weighted by Crippen LogP contribution is -2.35. The molecule has 0 bridgehead atoms. The van der Waals surface area contributed by atoms with Crippen molar-refractivity contribution in [1.82, 2.24) is 25.4 Å². The van der Waals surface area contributed by atoms with Gasteiger partial charge in [-0.2, -0.15) is 4.98 Å².